The molecule has 0 N–H and O–H groups in total. The second kappa shape index (κ2) is 7.03. The summed E-state index contributed by atoms with van der Waals surface area (Å²) >= 11 is 5.83. The van der Waals surface area contributed by atoms with Gasteiger partial charge in [0.25, 0.3) is 0 Å². The van der Waals surface area contributed by atoms with Gasteiger partial charge in [-0.1, -0.05) is 22.8 Å². The van der Waals surface area contributed by atoms with Gasteiger partial charge in [-0.2, -0.15) is 0 Å². The predicted octanol–water partition coefficient (Wildman–Crippen LogP) is 4.94. The van der Waals surface area contributed by atoms with Gasteiger partial charge in [0, 0.05) is 11.1 Å². The number of benzene rings is 2. The van der Waals surface area contributed by atoms with Crippen LogP contribution in [0.1, 0.15) is 21.6 Å². The molecule has 0 bridgehead atoms. The van der Waals surface area contributed by atoms with E-state index in [-0.39, 0.29) is 23.0 Å². The molecule has 1 aromatic heterocycles. The van der Waals surface area contributed by atoms with E-state index in [1.54, 1.807) is 19.1 Å². The normalized spacial score (nSPS) is 10.7. The Bertz CT molecular complexity index is 902. The fraction of sp³-hybridized carbons (Fsp3) is 0.111. The lowest BCUT2D eigenvalue weighted by Crippen LogP contribution is -2.09. The van der Waals surface area contributed by atoms with E-state index < -0.39 is 11.8 Å². The molecule has 3 rings (SSSR count). The van der Waals surface area contributed by atoms with Crippen LogP contribution in [0.25, 0.3) is 11.3 Å². The fourth-order valence-corrected chi connectivity index (χ4v) is 2.51. The molecule has 0 atom stereocenters. The number of rotatable bonds is 4. The van der Waals surface area contributed by atoms with Gasteiger partial charge < -0.3 is 9.26 Å². The number of ether oxygens (including phenoxy) is 1. The molecular formula is C18H12ClF2NO3. The van der Waals surface area contributed by atoms with Crippen LogP contribution in [-0.4, -0.2) is 11.1 Å². The predicted molar refractivity (Wildman–Crippen MR) is 87.2 cm³/mol. The molecule has 25 heavy (non-hydrogen) atoms. The van der Waals surface area contributed by atoms with Crippen molar-refractivity contribution in [3.63, 3.8) is 0 Å². The smallest absolute Gasteiger partial charge is 0.343 e. The highest BCUT2D eigenvalue weighted by Crippen LogP contribution is 2.27. The molecule has 0 saturated carbocycles. The van der Waals surface area contributed by atoms with Crippen LogP contribution in [0.3, 0.4) is 0 Å². The first-order valence-corrected chi connectivity index (χ1v) is 7.67. The van der Waals surface area contributed by atoms with Crippen molar-refractivity contribution in [1.29, 1.82) is 0 Å². The van der Waals surface area contributed by atoms with Gasteiger partial charge in [-0.3, -0.25) is 0 Å². The summed E-state index contributed by atoms with van der Waals surface area (Å²) in [5, 5.41) is 3.82. The SMILES string of the molecule is Cc1c(COC(=O)c2c(F)cccc2Cl)noc1-c1ccc(F)cc1. The monoisotopic (exact) mass is 363 g/mol. The summed E-state index contributed by atoms with van der Waals surface area (Å²) in [6, 6.07) is 9.63. The molecule has 128 valence electrons. The Morgan fingerprint density at radius 2 is 1.92 bits per heavy atom. The average Bonchev–Trinajstić information content (AvgIpc) is 2.94. The van der Waals surface area contributed by atoms with Crippen LogP contribution in [-0.2, 0) is 11.3 Å². The van der Waals surface area contributed by atoms with Crippen molar-refractivity contribution in [1.82, 2.24) is 5.16 Å². The molecule has 0 radical (unpaired) electrons. The van der Waals surface area contributed by atoms with E-state index in [2.05, 4.69) is 5.16 Å². The molecule has 0 fully saturated rings. The van der Waals surface area contributed by atoms with E-state index in [0.717, 1.165) is 6.07 Å². The van der Waals surface area contributed by atoms with E-state index in [0.29, 0.717) is 22.6 Å². The van der Waals surface area contributed by atoms with Crippen molar-refractivity contribution in [2.75, 3.05) is 0 Å². The Hall–Kier alpha value is -2.73. The van der Waals surface area contributed by atoms with Crippen LogP contribution in [0, 0.1) is 18.6 Å². The largest absolute Gasteiger partial charge is 0.455 e. The van der Waals surface area contributed by atoms with Crippen molar-refractivity contribution < 1.29 is 22.8 Å². The molecule has 0 aliphatic rings. The maximum Gasteiger partial charge on any atom is 0.343 e. The van der Waals surface area contributed by atoms with Gasteiger partial charge >= 0.3 is 5.97 Å². The van der Waals surface area contributed by atoms with E-state index in [1.165, 1.54) is 24.3 Å². The minimum atomic E-state index is -0.895. The van der Waals surface area contributed by atoms with Crippen molar-refractivity contribution in [3.05, 3.63) is 75.9 Å². The van der Waals surface area contributed by atoms with Crippen molar-refractivity contribution in [2.24, 2.45) is 0 Å². The third-order valence-corrected chi connectivity index (χ3v) is 3.95. The van der Waals surface area contributed by atoms with E-state index >= 15 is 0 Å². The molecule has 0 aliphatic heterocycles. The molecule has 3 aromatic rings. The molecular weight excluding hydrogens is 352 g/mol. The molecule has 0 aliphatic carbocycles. The zero-order valence-corrected chi connectivity index (χ0v) is 13.8. The molecule has 0 amide bonds. The number of nitrogens with zero attached hydrogens (tertiary/aromatic N) is 1. The molecule has 0 unspecified atom stereocenters. The minimum absolute atomic E-state index is 0.0334. The van der Waals surface area contributed by atoms with E-state index in [9.17, 15) is 13.6 Å². The molecule has 1 heterocycles. The van der Waals surface area contributed by atoms with Gasteiger partial charge in [-0.25, -0.2) is 13.6 Å². The van der Waals surface area contributed by atoms with Gasteiger partial charge in [0.1, 0.15) is 29.5 Å². The first-order chi connectivity index (χ1) is 12.0. The van der Waals surface area contributed by atoms with Gasteiger partial charge in [-0.05, 0) is 43.3 Å². The van der Waals surface area contributed by atoms with Crippen molar-refractivity contribution in [2.45, 2.75) is 13.5 Å². The Morgan fingerprint density at radius 1 is 1.20 bits per heavy atom. The van der Waals surface area contributed by atoms with E-state index in [1.807, 2.05) is 0 Å². The number of hydrogen-bond donors (Lipinski definition) is 0. The second-order valence-electron chi connectivity index (χ2n) is 5.26. The number of halogens is 3. The maximum atomic E-state index is 13.7. The third-order valence-electron chi connectivity index (χ3n) is 3.63. The molecule has 2 aromatic carbocycles. The lowest BCUT2D eigenvalue weighted by Gasteiger charge is -2.06. The molecule has 4 nitrogen and oxygen atoms in total. The van der Waals surface area contributed by atoms with Crippen molar-refractivity contribution in [3.8, 4) is 11.3 Å². The van der Waals surface area contributed by atoms with Gasteiger partial charge in [0.15, 0.2) is 5.76 Å². The topological polar surface area (TPSA) is 52.3 Å². The van der Waals surface area contributed by atoms with Crippen molar-refractivity contribution >= 4 is 17.6 Å². The highest BCUT2D eigenvalue weighted by Gasteiger charge is 2.20. The lowest BCUT2D eigenvalue weighted by atomic mass is 10.1. The quantitative estimate of drug-likeness (QED) is 0.616. The highest BCUT2D eigenvalue weighted by atomic mass is 35.5. The second-order valence-corrected chi connectivity index (χ2v) is 5.67. The number of esters is 1. The lowest BCUT2D eigenvalue weighted by molar-refractivity contribution is 0.0458. The first-order valence-electron chi connectivity index (χ1n) is 7.29. The average molecular weight is 364 g/mol. The number of carbonyl (C=O) groups excluding carboxylic acids is 1. The van der Waals surface area contributed by atoms with Crippen LogP contribution < -0.4 is 0 Å². The summed E-state index contributed by atoms with van der Waals surface area (Å²) in [5.74, 6) is -1.58. The zero-order chi connectivity index (χ0) is 18.0. The third kappa shape index (κ3) is 3.53. The first kappa shape index (κ1) is 17.1. The van der Waals surface area contributed by atoms with Crippen LogP contribution in [0.15, 0.2) is 47.0 Å². The number of hydrogen-bond acceptors (Lipinski definition) is 4. The van der Waals surface area contributed by atoms with Gasteiger partial charge in [0.2, 0.25) is 0 Å². The Labute approximate surface area is 147 Å². The number of carbonyl (C=O) groups is 1. The Kier molecular flexibility index (Phi) is 4.81. The molecule has 0 saturated heterocycles. The Morgan fingerprint density at radius 3 is 2.60 bits per heavy atom. The zero-order valence-electron chi connectivity index (χ0n) is 13.1. The summed E-state index contributed by atoms with van der Waals surface area (Å²) in [5.41, 5.74) is 1.32. The summed E-state index contributed by atoms with van der Waals surface area (Å²) in [4.78, 5) is 12.0. The summed E-state index contributed by atoms with van der Waals surface area (Å²) < 4.78 is 37.0. The van der Waals surface area contributed by atoms with Crippen LogP contribution in [0.2, 0.25) is 5.02 Å². The molecule has 0 spiro atoms. The maximum absolute atomic E-state index is 13.7. The van der Waals surface area contributed by atoms with Gasteiger partial charge in [-0.15, -0.1) is 0 Å². The summed E-state index contributed by atoms with van der Waals surface area (Å²) in [7, 11) is 0. The minimum Gasteiger partial charge on any atom is -0.455 e. The van der Waals surface area contributed by atoms with Crippen LogP contribution in [0.4, 0.5) is 8.78 Å². The highest BCUT2D eigenvalue weighted by molar-refractivity contribution is 6.33. The van der Waals surface area contributed by atoms with Gasteiger partial charge in [0.05, 0.1) is 5.02 Å². The summed E-state index contributed by atoms with van der Waals surface area (Å²) in [6.07, 6.45) is 0. The summed E-state index contributed by atoms with van der Waals surface area (Å²) in [6.45, 7) is 1.52. The Balaban J connectivity index is 1.76. The van der Waals surface area contributed by atoms with E-state index in [4.69, 9.17) is 20.9 Å². The number of aromatic nitrogens is 1. The molecule has 7 heteroatoms. The van der Waals surface area contributed by atoms with Crippen LogP contribution in [0.5, 0.6) is 0 Å². The van der Waals surface area contributed by atoms with Crippen LogP contribution >= 0.6 is 11.6 Å². The fourth-order valence-electron chi connectivity index (χ4n) is 2.27. The standard InChI is InChI=1S/C18H12ClF2NO3/c1-10-15(22-25-17(10)11-5-7-12(20)8-6-11)9-24-18(23)16-13(19)3-2-4-14(16)21/h2-8H,9H2,1H3.